The number of alkyl halides is 3. The van der Waals surface area contributed by atoms with Crippen LogP contribution < -0.4 is 5.73 Å². The minimum absolute atomic E-state index is 0.0572. The van der Waals surface area contributed by atoms with Gasteiger partial charge in [0.05, 0.1) is 23.7 Å². The summed E-state index contributed by atoms with van der Waals surface area (Å²) in [4.78, 5) is 14.1. The molecular formula is C9H9ClF2N2O2. The van der Waals surface area contributed by atoms with Gasteiger partial charge < -0.3 is 10.8 Å². The van der Waals surface area contributed by atoms with Crippen molar-refractivity contribution in [2.75, 3.05) is 5.73 Å². The van der Waals surface area contributed by atoms with Crippen molar-refractivity contribution in [3.8, 4) is 0 Å². The molecule has 0 atom stereocenters. The van der Waals surface area contributed by atoms with Crippen LogP contribution in [0.2, 0.25) is 0 Å². The minimum atomic E-state index is -2.78. The first-order valence-corrected chi connectivity index (χ1v) is 4.83. The number of halogens is 3. The van der Waals surface area contributed by atoms with Crippen LogP contribution >= 0.6 is 11.6 Å². The number of aromatic nitrogens is 1. The van der Waals surface area contributed by atoms with Gasteiger partial charge >= 0.3 is 5.97 Å². The summed E-state index contributed by atoms with van der Waals surface area (Å²) in [6.45, 7) is 0. The Morgan fingerprint density at radius 1 is 1.62 bits per heavy atom. The number of carboxylic acids is 1. The third kappa shape index (κ3) is 2.79. The monoisotopic (exact) mass is 250 g/mol. The van der Waals surface area contributed by atoms with Gasteiger partial charge in [0.25, 0.3) is 6.43 Å². The second kappa shape index (κ2) is 5.07. The zero-order valence-electron chi connectivity index (χ0n) is 8.08. The first-order valence-electron chi connectivity index (χ1n) is 4.29. The van der Waals surface area contributed by atoms with E-state index >= 15 is 0 Å². The van der Waals surface area contributed by atoms with Crippen molar-refractivity contribution < 1.29 is 18.7 Å². The minimum Gasteiger partial charge on any atom is -0.481 e. The lowest BCUT2D eigenvalue weighted by Gasteiger charge is -2.10. The number of hydrogen-bond acceptors (Lipinski definition) is 3. The summed E-state index contributed by atoms with van der Waals surface area (Å²) in [6, 6.07) is 0.990. The molecule has 1 heterocycles. The van der Waals surface area contributed by atoms with E-state index in [0.29, 0.717) is 0 Å². The Morgan fingerprint density at radius 3 is 2.69 bits per heavy atom. The number of nitrogen functional groups attached to an aromatic ring is 1. The summed E-state index contributed by atoms with van der Waals surface area (Å²) in [5.41, 5.74) is 5.28. The topological polar surface area (TPSA) is 76.2 Å². The summed E-state index contributed by atoms with van der Waals surface area (Å²) < 4.78 is 24.9. The van der Waals surface area contributed by atoms with E-state index < -0.39 is 24.5 Å². The standard InChI is InChI=1S/C9H9ClF2N2O2/c10-3-6-8(13)4(2-7(15)16)1-5(14-6)9(11)12/h1,9H,2-3,13H2,(H,15,16). The highest BCUT2D eigenvalue weighted by molar-refractivity contribution is 6.17. The molecule has 16 heavy (non-hydrogen) atoms. The summed E-state index contributed by atoms with van der Waals surface area (Å²) in [5.74, 6) is -1.29. The molecule has 0 spiro atoms. The number of carbonyl (C=O) groups is 1. The second-order valence-corrected chi connectivity index (χ2v) is 3.34. The number of anilines is 1. The molecule has 0 amide bonds. The van der Waals surface area contributed by atoms with Crippen LogP contribution in [0.3, 0.4) is 0 Å². The molecule has 1 aromatic rings. The predicted molar refractivity (Wildman–Crippen MR) is 54.5 cm³/mol. The number of nitrogens with zero attached hydrogens (tertiary/aromatic N) is 1. The predicted octanol–water partition coefficient (Wildman–Crippen LogP) is 1.97. The third-order valence-electron chi connectivity index (χ3n) is 1.93. The van der Waals surface area contributed by atoms with Gasteiger partial charge in [-0.15, -0.1) is 11.6 Å². The molecule has 0 aromatic carbocycles. The normalized spacial score (nSPS) is 10.8. The Kier molecular flexibility index (Phi) is 4.00. The van der Waals surface area contributed by atoms with E-state index in [9.17, 15) is 13.6 Å². The highest BCUT2D eigenvalue weighted by Crippen LogP contribution is 2.25. The van der Waals surface area contributed by atoms with Crippen LogP contribution in [0.25, 0.3) is 0 Å². The smallest absolute Gasteiger partial charge is 0.307 e. The van der Waals surface area contributed by atoms with Gasteiger partial charge in [-0.25, -0.2) is 13.8 Å². The zero-order valence-corrected chi connectivity index (χ0v) is 8.84. The van der Waals surface area contributed by atoms with Crippen LogP contribution in [0.15, 0.2) is 6.07 Å². The average Bonchev–Trinajstić information content (AvgIpc) is 2.20. The molecule has 4 nitrogen and oxygen atoms in total. The van der Waals surface area contributed by atoms with E-state index in [0.717, 1.165) is 6.07 Å². The fourth-order valence-electron chi connectivity index (χ4n) is 1.21. The molecule has 0 radical (unpaired) electrons. The van der Waals surface area contributed by atoms with E-state index in [1.165, 1.54) is 0 Å². The van der Waals surface area contributed by atoms with Gasteiger partial charge in [-0.3, -0.25) is 4.79 Å². The third-order valence-corrected chi connectivity index (χ3v) is 2.19. The number of hydrogen-bond donors (Lipinski definition) is 2. The number of aliphatic carboxylic acids is 1. The molecule has 0 aliphatic carbocycles. The molecule has 0 fully saturated rings. The molecule has 1 aromatic heterocycles. The van der Waals surface area contributed by atoms with Crippen LogP contribution in [0.5, 0.6) is 0 Å². The maximum Gasteiger partial charge on any atom is 0.307 e. The largest absolute Gasteiger partial charge is 0.481 e. The van der Waals surface area contributed by atoms with Gasteiger partial charge in [-0.05, 0) is 11.6 Å². The maximum absolute atomic E-state index is 12.4. The summed E-state index contributed by atoms with van der Waals surface area (Å²) in [6.07, 6.45) is -3.21. The average molecular weight is 251 g/mol. The SMILES string of the molecule is Nc1c(CC(=O)O)cc(C(F)F)nc1CCl. The van der Waals surface area contributed by atoms with Crippen molar-refractivity contribution in [2.45, 2.75) is 18.7 Å². The van der Waals surface area contributed by atoms with Gasteiger partial charge in [0.2, 0.25) is 0 Å². The Balaban J connectivity index is 3.24. The van der Waals surface area contributed by atoms with Crippen molar-refractivity contribution in [3.63, 3.8) is 0 Å². The number of nitrogens with two attached hydrogens (primary N) is 1. The number of pyridine rings is 1. The van der Waals surface area contributed by atoms with Crippen molar-refractivity contribution in [1.82, 2.24) is 4.98 Å². The summed E-state index contributed by atoms with van der Waals surface area (Å²) in [7, 11) is 0. The molecule has 0 saturated heterocycles. The van der Waals surface area contributed by atoms with E-state index in [2.05, 4.69) is 4.98 Å². The Labute approximate surface area is 95.0 Å². The Morgan fingerprint density at radius 2 is 2.25 bits per heavy atom. The Hall–Kier alpha value is -1.43. The lowest BCUT2D eigenvalue weighted by molar-refractivity contribution is -0.136. The molecule has 0 saturated carbocycles. The van der Waals surface area contributed by atoms with Gasteiger partial charge in [0, 0.05) is 0 Å². The number of carboxylic acid groups (broad SMARTS) is 1. The van der Waals surface area contributed by atoms with Gasteiger partial charge in [-0.2, -0.15) is 0 Å². The van der Waals surface area contributed by atoms with E-state index in [4.69, 9.17) is 22.4 Å². The van der Waals surface area contributed by atoms with Crippen LogP contribution in [0.1, 0.15) is 23.4 Å². The highest BCUT2D eigenvalue weighted by atomic mass is 35.5. The first kappa shape index (κ1) is 12.6. The van der Waals surface area contributed by atoms with Crippen LogP contribution in [0.4, 0.5) is 14.5 Å². The molecule has 1 rings (SSSR count). The molecule has 3 N–H and O–H groups in total. The summed E-state index contributed by atoms with van der Waals surface area (Å²) in [5, 5.41) is 8.59. The van der Waals surface area contributed by atoms with Gasteiger partial charge in [-0.1, -0.05) is 0 Å². The molecule has 0 unspecified atom stereocenters. The van der Waals surface area contributed by atoms with Crippen molar-refractivity contribution in [2.24, 2.45) is 0 Å². The van der Waals surface area contributed by atoms with Crippen molar-refractivity contribution >= 4 is 23.3 Å². The van der Waals surface area contributed by atoms with Crippen LogP contribution in [0, 0.1) is 0 Å². The zero-order chi connectivity index (χ0) is 12.3. The lowest BCUT2D eigenvalue weighted by Crippen LogP contribution is -2.09. The molecule has 0 aliphatic rings. The maximum atomic E-state index is 12.4. The van der Waals surface area contributed by atoms with Gasteiger partial charge in [0.1, 0.15) is 5.69 Å². The summed E-state index contributed by atoms with van der Waals surface area (Å²) >= 11 is 5.48. The molecule has 7 heteroatoms. The number of rotatable bonds is 4. The van der Waals surface area contributed by atoms with Crippen molar-refractivity contribution in [1.29, 1.82) is 0 Å². The van der Waals surface area contributed by atoms with E-state index in [-0.39, 0.29) is 22.8 Å². The molecular weight excluding hydrogens is 242 g/mol. The van der Waals surface area contributed by atoms with E-state index in [1.54, 1.807) is 0 Å². The van der Waals surface area contributed by atoms with Crippen molar-refractivity contribution in [3.05, 3.63) is 23.0 Å². The quantitative estimate of drug-likeness (QED) is 0.801. The molecule has 88 valence electrons. The fraction of sp³-hybridized carbons (Fsp3) is 0.333. The fourth-order valence-corrected chi connectivity index (χ4v) is 1.42. The first-order chi connectivity index (χ1) is 7.45. The lowest BCUT2D eigenvalue weighted by atomic mass is 10.1. The van der Waals surface area contributed by atoms with Crippen LogP contribution in [-0.2, 0) is 17.1 Å². The Bertz CT molecular complexity index is 413. The van der Waals surface area contributed by atoms with Gasteiger partial charge in [0.15, 0.2) is 0 Å². The molecule has 0 aliphatic heterocycles. The van der Waals surface area contributed by atoms with E-state index in [1.807, 2.05) is 0 Å². The van der Waals surface area contributed by atoms with Crippen LogP contribution in [-0.4, -0.2) is 16.1 Å². The molecule has 0 bridgehead atoms. The second-order valence-electron chi connectivity index (χ2n) is 3.07. The highest BCUT2D eigenvalue weighted by Gasteiger charge is 2.16.